The predicted octanol–water partition coefficient (Wildman–Crippen LogP) is 3.66. The number of hydrogen-bond acceptors (Lipinski definition) is 3. The van der Waals surface area contributed by atoms with Crippen molar-refractivity contribution in [3.63, 3.8) is 0 Å². The molecule has 0 saturated heterocycles. The second-order valence-corrected chi connectivity index (χ2v) is 5.76. The van der Waals surface area contributed by atoms with Crippen LogP contribution in [0, 0.1) is 0 Å². The monoisotopic (exact) mass is 287 g/mol. The molecule has 3 aromatic rings. The van der Waals surface area contributed by atoms with Crippen LogP contribution in [0.1, 0.15) is 24.6 Å². The maximum Gasteiger partial charge on any atom is 0.110 e. The van der Waals surface area contributed by atoms with Gasteiger partial charge in [0.25, 0.3) is 0 Å². The Morgan fingerprint density at radius 2 is 2.15 bits per heavy atom. The standard InChI is InChI=1S/C15H14ClN3O/c1-20-10-4-8(5-10)15-18-13-7-17-12-3-2-9(16)6-11(12)14(13)19-15/h2-3,6-8,10H,4-5H2,1H3,(H,18,19)/t8-,10+. The van der Waals surface area contributed by atoms with Crippen molar-refractivity contribution in [3.05, 3.63) is 35.2 Å². The summed E-state index contributed by atoms with van der Waals surface area (Å²) in [6, 6.07) is 5.73. The fraction of sp³-hybridized carbons (Fsp3) is 0.333. The molecule has 0 amide bonds. The molecule has 1 aliphatic rings. The number of methoxy groups -OCH3 is 1. The third kappa shape index (κ3) is 1.79. The second kappa shape index (κ2) is 4.43. The zero-order valence-corrected chi connectivity index (χ0v) is 11.8. The number of H-pyrrole nitrogens is 1. The molecule has 0 unspecified atom stereocenters. The largest absolute Gasteiger partial charge is 0.381 e. The van der Waals surface area contributed by atoms with Gasteiger partial charge in [-0.2, -0.15) is 0 Å². The highest BCUT2D eigenvalue weighted by Crippen LogP contribution is 2.38. The molecular weight excluding hydrogens is 274 g/mol. The summed E-state index contributed by atoms with van der Waals surface area (Å²) in [5.41, 5.74) is 2.85. The number of ether oxygens (including phenoxy) is 1. The maximum atomic E-state index is 6.09. The van der Waals surface area contributed by atoms with E-state index < -0.39 is 0 Å². The minimum atomic E-state index is 0.373. The SMILES string of the molecule is CO[C@H]1C[C@@H](c2nc3cnc4ccc(Cl)cc4c3[nH]2)C1. The second-order valence-electron chi connectivity index (χ2n) is 5.33. The lowest BCUT2D eigenvalue weighted by Gasteiger charge is -2.32. The molecule has 0 spiro atoms. The fourth-order valence-electron chi connectivity index (χ4n) is 2.83. The number of fused-ring (bicyclic) bond motifs is 3. The van der Waals surface area contributed by atoms with Crippen LogP contribution in [0.25, 0.3) is 21.9 Å². The summed E-state index contributed by atoms with van der Waals surface area (Å²) in [6.07, 6.45) is 4.25. The molecule has 4 rings (SSSR count). The Hall–Kier alpha value is -1.65. The van der Waals surface area contributed by atoms with E-state index in [9.17, 15) is 0 Å². The molecular formula is C15H14ClN3O. The summed E-state index contributed by atoms with van der Waals surface area (Å²) in [5.74, 6) is 1.49. The number of nitrogens with zero attached hydrogens (tertiary/aromatic N) is 2. The van der Waals surface area contributed by atoms with Crippen LogP contribution in [0.15, 0.2) is 24.4 Å². The minimum Gasteiger partial charge on any atom is -0.381 e. The van der Waals surface area contributed by atoms with Gasteiger partial charge >= 0.3 is 0 Å². The van der Waals surface area contributed by atoms with Crippen molar-refractivity contribution in [2.45, 2.75) is 24.9 Å². The van der Waals surface area contributed by atoms with Gasteiger partial charge in [0.05, 0.1) is 23.3 Å². The van der Waals surface area contributed by atoms with Crippen molar-refractivity contribution in [2.24, 2.45) is 0 Å². The highest BCUT2D eigenvalue weighted by Gasteiger charge is 2.32. The van der Waals surface area contributed by atoms with Gasteiger partial charge in [0, 0.05) is 23.4 Å². The molecule has 0 aliphatic heterocycles. The van der Waals surface area contributed by atoms with E-state index in [0.29, 0.717) is 17.0 Å². The first-order chi connectivity index (χ1) is 9.74. The van der Waals surface area contributed by atoms with Crippen LogP contribution in [0.3, 0.4) is 0 Å². The van der Waals surface area contributed by atoms with Gasteiger partial charge in [-0.3, -0.25) is 4.98 Å². The third-order valence-electron chi connectivity index (χ3n) is 4.12. The van der Waals surface area contributed by atoms with Gasteiger partial charge in [-0.05, 0) is 31.0 Å². The Balaban J connectivity index is 1.82. The lowest BCUT2D eigenvalue weighted by molar-refractivity contribution is 0.0239. The van der Waals surface area contributed by atoms with E-state index in [1.54, 1.807) is 7.11 Å². The van der Waals surface area contributed by atoms with Crippen molar-refractivity contribution >= 4 is 33.5 Å². The molecule has 1 saturated carbocycles. The first-order valence-electron chi connectivity index (χ1n) is 6.71. The zero-order chi connectivity index (χ0) is 13.7. The van der Waals surface area contributed by atoms with E-state index in [1.165, 1.54) is 0 Å². The van der Waals surface area contributed by atoms with Crippen LogP contribution in [-0.2, 0) is 4.74 Å². The molecule has 2 heterocycles. The van der Waals surface area contributed by atoms with E-state index in [1.807, 2.05) is 24.4 Å². The van der Waals surface area contributed by atoms with Gasteiger partial charge in [0.15, 0.2) is 0 Å². The maximum absolute atomic E-state index is 6.09. The lowest BCUT2D eigenvalue weighted by Crippen LogP contribution is -2.29. The smallest absolute Gasteiger partial charge is 0.110 e. The summed E-state index contributed by atoms with van der Waals surface area (Å²) < 4.78 is 5.33. The van der Waals surface area contributed by atoms with E-state index in [0.717, 1.165) is 40.6 Å². The molecule has 5 heteroatoms. The number of benzene rings is 1. The summed E-state index contributed by atoms with van der Waals surface area (Å²) in [5, 5.41) is 1.74. The van der Waals surface area contributed by atoms with Crippen LogP contribution >= 0.6 is 11.6 Å². The topological polar surface area (TPSA) is 50.8 Å². The number of halogens is 1. The molecule has 102 valence electrons. The quantitative estimate of drug-likeness (QED) is 0.782. The zero-order valence-electron chi connectivity index (χ0n) is 11.1. The van der Waals surface area contributed by atoms with E-state index in [4.69, 9.17) is 16.3 Å². The molecule has 0 bridgehead atoms. The summed E-state index contributed by atoms with van der Waals surface area (Å²) in [4.78, 5) is 12.5. The number of hydrogen-bond donors (Lipinski definition) is 1. The van der Waals surface area contributed by atoms with Crippen molar-refractivity contribution < 1.29 is 4.74 Å². The molecule has 0 atom stereocenters. The third-order valence-corrected chi connectivity index (χ3v) is 4.35. The van der Waals surface area contributed by atoms with Gasteiger partial charge in [0.1, 0.15) is 11.3 Å². The molecule has 0 radical (unpaired) electrons. The number of nitrogens with one attached hydrogen (secondary N) is 1. The Morgan fingerprint density at radius 3 is 2.95 bits per heavy atom. The Labute approximate surface area is 121 Å². The predicted molar refractivity (Wildman–Crippen MR) is 79.2 cm³/mol. The number of aromatic amines is 1. The molecule has 20 heavy (non-hydrogen) atoms. The van der Waals surface area contributed by atoms with E-state index in [2.05, 4.69) is 15.0 Å². The van der Waals surface area contributed by atoms with Crippen LogP contribution < -0.4 is 0 Å². The lowest BCUT2D eigenvalue weighted by atomic mass is 9.82. The summed E-state index contributed by atoms with van der Waals surface area (Å²) >= 11 is 6.09. The van der Waals surface area contributed by atoms with Gasteiger partial charge in [-0.25, -0.2) is 4.98 Å². The van der Waals surface area contributed by atoms with Gasteiger partial charge in [0.2, 0.25) is 0 Å². The van der Waals surface area contributed by atoms with Crippen molar-refractivity contribution in [1.29, 1.82) is 0 Å². The van der Waals surface area contributed by atoms with Crippen LogP contribution in [-0.4, -0.2) is 28.2 Å². The van der Waals surface area contributed by atoms with Gasteiger partial charge in [-0.1, -0.05) is 11.6 Å². The number of rotatable bonds is 2. The van der Waals surface area contributed by atoms with Crippen molar-refractivity contribution in [3.8, 4) is 0 Å². The van der Waals surface area contributed by atoms with Crippen LogP contribution in [0.4, 0.5) is 0 Å². The number of aromatic nitrogens is 3. The Bertz CT molecular complexity index is 792. The number of pyridine rings is 1. The molecule has 1 aliphatic carbocycles. The van der Waals surface area contributed by atoms with Crippen molar-refractivity contribution in [1.82, 2.24) is 15.0 Å². The molecule has 1 fully saturated rings. The average Bonchev–Trinajstić information content (AvgIpc) is 2.81. The molecule has 1 N–H and O–H groups in total. The van der Waals surface area contributed by atoms with Crippen molar-refractivity contribution in [2.75, 3.05) is 7.11 Å². The normalized spacial score (nSPS) is 22.3. The Morgan fingerprint density at radius 1 is 1.30 bits per heavy atom. The van der Waals surface area contributed by atoms with E-state index in [-0.39, 0.29) is 0 Å². The highest BCUT2D eigenvalue weighted by atomic mass is 35.5. The molecule has 4 nitrogen and oxygen atoms in total. The van der Waals surface area contributed by atoms with E-state index >= 15 is 0 Å². The van der Waals surface area contributed by atoms with Gasteiger partial charge < -0.3 is 9.72 Å². The highest BCUT2D eigenvalue weighted by molar-refractivity contribution is 6.31. The fourth-order valence-corrected chi connectivity index (χ4v) is 3.00. The van der Waals surface area contributed by atoms with Gasteiger partial charge in [-0.15, -0.1) is 0 Å². The molecule has 1 aromatic carbocycles. The summed E-state index contributed by atoms with van der Waals surface area (Å²) in [7, 11) is 1.76. The first-order valence-corrected chi connectivity index (χ1v) is 7.09. The average molecular weight is 288 g/mol. The molecule has 2 aromatic heterocycles. The first kappa shape index (κ1) is 12.1. The van der Waals surface area contributed by atoms with Crippen LogP contribution in [0.5, 0.6) is 0 Å². The van der Waals surface area contributed by atoms with Crippen LogP contribution in [0.2, 0.25) is 5.02 Å². The minimum absolute atomic E-state index is 0.373. The Kier molecular flexibility index (Phi) is 2.69. The summed E-state index contributed by atoms with van der Waals surface area (Å²) in [6.45, 7) is 0. The number of imidazole rings is 1.